The van der Waals surface area contributed by atoms with Crippen LogP contribution < -0.4 is 10.6 Å². The first-order valence-electron chi connectivity index (χ1n) is 7.97. The summed E-state index contributed by atoms with van der Waals surface area (Å²) in [7, 11) is 0. The molecule has 2 amide bonds. The molecule has 0 bridgehead atoms. The molecular weight excluding hydrogens is 400 g/mol. The maximum Gasteiger partial charge on any atom is 0.234 e. The second-order valence-corrected chi connectivity index (χ2v) is 7.78. The van der Waals surface area contributed by atoms with Crippen molar-refractivity contribution in [2.24, 2.45) is 0 Å². The quantitative estimate of drug-likeness (QED) is 0.670. The van der Waals surface area contributed by atoms with E-state index < -0.39 is 0 Å². The summed E-state index contributed by atoms with van der Waals surface area (Å²) in [6.45, 7) is 4.26. The van der Waals surface area contributed by atoms with Gasteiger partial charge in [0.15, 0.2) is 0 Å². The van der Waals surface area contributed by atoms with Crippen LogP contribution in [0.2, 0.25) is 0 Å². The third kappa shape index (κ3) is 6.92. The Kier molecular flexibility index (Phi) is 7.52. The lowest BCUT2D eigenvalue weighted by molar-refractivity contribution is -0.114. The molecule has 0 aliphatic rings. The number of carbonyl (C=O) groups is 2. The van der Waals surface area contributed by atoms with Crippen molar-refractivity contribution in [3.05, 3.63) is 58.6 Å². The van der Waals surface area contributed by atoms with Crippen LogP contribution in [0.3, 0.4) is 0 Å². The molecule has 2 aromatic carbocycles. The van der Waals surface area contributed by atoms with Crippen molar-refractivity contribution in [3.8, 4) is 0 Å². The molecule has 2 N–H and O–H groups in total. The molecule has 4 nitrogen and oxygen atoms in total. The molecule has 0 radical (unpaired) electrons. The molecule has 0 saturated carbocycles. The van der Waals surface area contributed by atoms with Gasteiger partial charge in [0.2, 0.25) is 11.8 Å². The molecule has 0 atom stereocenters. The third-order valence-corrected chi connectivity index (χ3v) is 4.86. The van der Waals surface area contributed by atoms with Crippen molar-refractivity contribution in [2.45, 2.75) is 19.8 Å². The Hall–Kier alpha value is -1.79. The van der Waals surface area contributed by atoms with Crippen molar-refractivity contribution in [1.29, 1.82) is 0 Å². The normalized spacial score (nSPS) is 10.6. The van der Waals surface area contributed by atoms with E-state index in [0.717, 1.165) is 15.8 Å². The zero-order chi connectivity index (χ0) is 18.2. The molecule has 25 heavy (non-hydrogen) atoms. The number of halogens is 1. The number of amides is 2. The minimum Gasteiger partial charge on any atom is -0.325 e. The highest BCUT2D eigenvalue weighted by atomic mass is 79.9. The lowest BCUT2D eigenvalue weighted by Gasteiger charge is -2.08. The van der Waals surface area contributed by atoms with E-state index >= 15 is 0 Å². The Labute approximate surface area is 160 Å². The summed E-state index contributed by atoms with van der Waals surface area (Å²) in [5, 5.41) is 5.64. The summed E-state index contributed by atoms with van der Waals surface area (Å²) in [6.07, 6.45) is 0. The van der Waals surface area contributed by atoms with E-state index in [-0.39, 0.29) is 23.3 Å². The van der Waals surface area contributed by atoms with Gasteiger partial charge >= 0.3 is 0 Å². The third-order valence-electron chi connectivity index (χ3n) is 3.44. The summed E-state index contributed by atoms with van der Waals surface area (Å²) < 4.78 is 0.904. The van der Waals surface area contributed by atoms with Crippen molar-refractivity contribution in [2.75, 3.05) is 22.1 Å². The van der Waals surface area contributed by atoms with Crippen LogP contribution in [-0.2, 0) is 9.59 Å². The van der Waals surface area contributed by atoms with E-state index in [1.54, 1.807) is 0 Å². The second kappa shape index (κ2) is 9.63. The molecule has 0 fully saturated rings. The minimum atomic E-state index is -0.128. The Balaban J connectivity index is 1.72. The number of anilines is 2. The molecule has 0 heterocycles. The summed E-state index contributed by atoms with van der Waals surface area (Å²) in [4.78, 5) is 23.8. The van der Waals surface area contributed by atoms with Crippen molar-refractivity contribution in [1.82, 2.24) is 0 Å². The largest absolute Gasteiger partial charge is 0.325 e. The summed E-state index contributed by atoms with van der Waals surface area (Å²) >= 11 is 4.64. The molecule has 0 aromatic heterocycles. The first-order chi connectivity index (χ1) is 11.9. The Morgan fingerprint density at radius 3 is 2.12 bits per heavy atom. The molecule has 2 aromatic rings. The molecule has 0 aliphatic heterocycles. The standard InChI is InChI=1S/C19H21BrN2O2S/c1-13(2)14-6-8-16(9-7-14)21-18(23)11-25-12-19(24)22-17-5-3-4-15(20)10-17/h3-10,13H,11-12H2,1-2H3,(H,21,23)(H,22,24). The number of benzene rings is 2. The number of hydrogen-bond donors (Lipinski definition) is 2. The van der Waals surface area contributed by atoms with E-state index in [1.807, 2.05) is 48.5 Å². The van der Waals surface area contributed by atoms with Gasteiger partial charge in [-0.3, -0.25) is 9.59 Å². The SMILES string of the molecule is CC(C)c1ccc(NC(=O)CSCC(=O)Nc2cccc(Br)c2)cc1. The van der Waals surface area contributed by atoms with E-state index in [9.17, 15) is 9.59 Å². The van der Waals surface area contributed by atoms with Crippen LogP contribution in [-0.4, -0.2) is 23.3 Å². The highest BCUT2D eigenvalue weighted by molar-refractivity contribution is 9.10. The lowest BCUT2D eigenvalue weighted by Crippen LogP contribution is -2.18. The topological polar surface area (TPSA) is 58.2 Å². The van der Waals surface area contributed by atoms with Gasteiger partial charge in [-0.25, -0.2) is 0 Å². The lowest BCUT2D eigenvalue weighted by atomic mass is 10.0. The molecular formula is C19H21BrN2O2S. The average molecular weight is 421 g/mol. The number of nitrogens with one attached hydrogen (secondary N) is 2. The molecule has 132 valence electrons. The maximum atomic E-state index is 11.9. The Morgan fingerprint density at radius 2 is 1.56 bits per heavy atom. The fourth-order valence-corrected chi connectivity index (χ4v) is 3.16. The summed E-state index contributed by atoms with van der Waals surface area (Å²) in [6, 6.07) is 15.2. The van der Waals surface area contributed by atoms with Crippen LogP contribution in [0.15, 0.2) is 53.0 Å². The van der Waals surface area contributed by atoms with Crippen LogP contribution in [0.4, 0.5) is 11.4 Å². The molecule has 0 spiro atoms. The molecule has 0 aliphatic carbocycles. The molecule has 0 unspecified atom stereocenters. The van der Waals surface area contributed by atoms with Gasteiger partial charge in [0.1, 0.15) is 0 Å². The number of carbonyl (C=O) groups excluding carboxylic acids is 2. The van der Waals surface area contributed by atoms with Crippen LogP contribution >= 0.6 is 27.7 Å². The monoisotopic (exact) mass is 420 g/mol. The maximum absolute atomic E-state index is 11.9. The van der Waals surface area contributed by atoms with Crippen LogP contribution in [0.1, 0.15) is 25.3 Å². The van der Waals surface area contributed by atoms with Crippen molar-refractivity contribution < 1.29 is 9.59 Å². The van der Waals surface area contributed by atoms with E-state index in [4.69, 9.17) is 0 Å². The second-order valence-electron chi connectivity index (χ2n) is 5.88. The Morgan fingerprint density at radius 1 is 0.960 bits per heavy atom. The predicted octanol–water partition coefficient (Wildman–Crippen LogP) is 4.88. The summed E-state index contributed by atoms with van der Waals surface area (Å²) in [5.74, 6) is 0.683. The van der Waals surface area contributed by atoms with Gasteiger partial charge in [0, 0.05) is 15.8 Å². The van der Waals surface area contributed by atoms with Gasteiger partial charge in [-0.1, -0.05) is 48.0 Å². The number of hydrogen-bond acceptors (Lipinski definition) is 3. The van der Waals surface area contributed by atoms with Crippen LogP contribution in [0, 0.1) is 0 Å². The van der Waals surface area contributed by atoms with Gasteiger partial charge in [-0.2, -0.15) is 0 Å². The number of thioether (sulfide) groups is 1. The fraction of sp³-hybridized carbons (Fsp3) is 0.263. The van der Waals surface area contributed by atoms with Gasteiger partial charge in [-0.15, -0.1) is 11.8 Å². The van der Waals surface area contributed by atoms with Crippen molar-refractivity contribution in [3.63, 3.8) is 0 Å². The molecule has 6 heteroatoms. The highest BCUT2D eigenvalue weighted by Gasteiger charge is 2.07. The van der Waals surface area contributed by atoms with Gasteiger partial charge in [-0.05, 0) is 41.8 Å². The van der Waals surface area contributed by atoms with Gasteiger partial charge in [0.25, 0.3) is 0 Å². The van der Waals surface area contributed by atoms with Crippen LogP contribution in [0.25, 0.3) is 0 Å². The van der Waals surface area contributed by atoms with Crippen molar-refractivity contribution >= 4 is 50.9 Å². The first kappa shape index (κ1) is 19.5. The molecule has 0 saturated heterocycles. The van der Waals surface area contributed by atoms with E-state index in [1.165, 1.54) is 17.3 Å². The molecule has 2 rings (SSSR count). The average Bonchev–Trinajstić information content (AvgIpc) is 2.55. The smallest absolute Gasteiger partial charge is 0.234 e. The van der Waals surface area contributed by atoms with Gasteiger partial charge in [0.05, 0.1) is 11.5 Å². The van der Waals surface area contributed by atoms with E-state index in [0.29, 0.717) is 5.92 Å². The minimum absolute atomic E-state index is 0.113. The number of rotatable bonds is 7. The van der Waals surface area contributed by atoms with Crippen LogP contribution in [0.5, 0.6) is 0 Å². The van der Waals surface area contributed by atoms with E-state index in [2.05, 4.69) is 40.4 Å². The Bertz CT molecular complexity index is 732. The van der Waals surface area contributed by atoms with Gasteiger partial charge < -0.3 is 10.6 Å². The first-order valence-corrected chi connectivity index (χ1v) is 9.92. The predicted molar refractivity (Wildman–Crippen MR) is 109 cm³/mol. The summed E-state index contributed by atoms with van der Waals surface area (Å²) in [5.41, 5.74) is 2.74. The zero-order valence-electron chi connectivity index (χ0n) is 14.2. The highest BCUT2D eigenvalue weighted by Crippen LogP contribution is 2.18. The fourth-order valence-electron chi connectivity index (χ4n) is 2.15. The zero-order valence-corrected chi connectivity index (χ0v) is 16.6.